The number of carbonyl (C=O) groups is 4. The van der Waals surface area contributed by atoms with Crippen molar-refractivity contribution in [1.29, 1.82) is 0 Å². The van der Waals surface area contributed by atoms with Crippen LogP contribution in [0.25, 0.3) is 0 Å². The highest BCUT2D eigenvalue weighted by Gasteiger charge is 2.41. The minimum absolute atomic E-state index is 0.0136. The number of hydrogen-bond donors (Lipinski definition) is 2. The second-order valence-electron chi connectivity index (χ2n) is 7.06. The number of piperidine rings is 1. The molecule has 2 N–H and O–H groups in total. The van der Waals surface area contributed by atoms with E-state index in [4.69, 9.17) is 18.5 Å². The van der Waals surface area contributed by atoms with Gasteiger partial charge >= 0.3 is 5.92 Å². The molecular formula is C22H18ClF2N3O4. The highest BCUT2D eigenvalue weighted by atomic mass is 35.5. The molecule has 0 saturated carbocycles. The van der Waals surface area contributed by atoms with Crippen molar-refractivity contribution >= 4 is 35.2 Å². The Bertz CT molecular complexity index is 1320. The van der Waals surface area contributed by atoms with Crippen LogP contribution in [0.4, 0.5) is 8.78 Å². The van der Waals surface area contributed by atoms with Gasteiger partial charge in [-0.3, -0.25) is 24.5 Å². The molecule has 1 saturated heterocycles. The summed E-state index contributed by atoms with van der Waals surface area (Å²) < 4.78 is 69.4. The molecular weight excluding hydrogens is 444 g/mol. The van der Waals surface area contributed by atoms with E-state index in [2.05, 4.69) is 0 Å². The maximum atomic E-state index is 14.7. The highest BCUT2D eigenvalue weighted by molar-refractivity contribution is 6.30. The Morgan fingerprint density at radius 3 is 2.78 bits per heavy atom. The number of hydrogen-bond acceptors (Lipinski definition) is 4. The van der Waals surface area contributed by atoms with Gasteiger partial charge in [-0.25, -0.2) is 0 Å². The Morgan fingerprint density at radius 2 is 2.06 bits per heavy atom. The Labute approximate surface area is 193 Å². The fourth-order valence-corrected chi connectivity index (χ4v) is 3.47. The zero-order valence-electron chi connectivity index (χ0n) is 21.2. The number of amides is 4. The van der Waals surface area contributed by atoms with E-state index in [1.165, 1.54) is 18.2 Å². The molecule has 2 aliphatic heterocycles. The Morgan fingerprint density at radius 1 is 1.34 bits per heavy atom. The lowest BCUT2D eigenvalue weighted by Crippen LogP contribution is -2.52. The molecule has 0 aromatic heterocycles. The number of nitrogens with one attached hydrogen (secondary N) is 2. The van der Waals surface area contributed by atoms with Gasteiger partial charge in [0, 0.05) is 37.0 Å². The lowest BCUT2D eigenvalue weighted by molar-refractivity contribution is -0.147. The van der Waals surface area contributed by atoms with Crippen LogP contribution in [0.3, 0.4) is 0 Å². The van der Waals surface area contributed by atoms with Gasteiger partial charge in [-0.2, -0.15) is 8.78 Å². The van der Waals surface area contributed by atoms with E-state index in [0.717, 1.165) is 29.2 Å². The molecule has 7 nitrogen and oxygen atoms in total. The van der Waals surface area contributed by atoms with Crippen LogP contribution in [0.5, 0.6) is 0 Å². The first-order valence-electron chi connectivity index (χ1n) is 11.9. The molecule has 0 spiro atoms. The van der Waals surface area contributed by atoms with E-state index in [1.807, 2.05) is 0 Å². The molecule has 32 heavy (non-hydrogen) atoms. The van der Waals surface area contributed by atoms with Gasteiger partial charge < -0.3 is 10.2 Å². The lowest BCUT2D eigenvalue weighted by atomic mass is 10.0. The molecule has 4 amide bonds. The molecule has 2 unspecified atom stereocenters. The fraction of sp³-hybridized carbons (Fsp3) is 0.273. The summed E-state index contributed by atoms with van der Waals surface area (Å²) in [5.74, 6) is -9.30. The maximum absolute atomic E-state index is 14.7. The van der Waals surface area contributed by atoms with Crippen LogP contribution in [0, 0.1) is 0 Å². The molecule has 4 rings (SSSR count). The normalized spacial score (nSPS) is 26.5. The zero-order chi connectivity index (χ0) is 27.4. The molecule has 2 aliphatic rings. The van der Waals surface area contributed by atoms with Gasteiger partial charge in [0.2, 0.25) is 11.8 Å². The Hall–Kier alpha value is -3.33. The summed E-state index contributed by atoms with van der Waals surface area (Å²) in [4.78, 5) is 50.5. The summed E-state index contributed by atoms with van der Waals surface area (Å²) in [5, 5.41) is -0.143. The minimum atomic E-state index is -4.12. The second-order valence-corrected chi connectivity index (χ2v) is 7.50. The van der Waals surface area contributed by atoms with Gasteiger partial charge in [0.1, 0.15) is 6.02 Å². The van der Waals surface area contributed by atoms with Crippen molar-refractivity contribution in [2.75, 3.05) is 0 Å². The minimum Gasteiger partial charge on any atom is -0.346 e. The molecule has 0 aliphatic carbocycles. The number of alkyl halides is 2. The van der Waals surface area contributed by atoms with Crippen molar-refractivity contribution in [2.45, 2.75) is 37.8 Å². The summed E-state index contributed by atoms with van der Waals surface area (Å²) in [6.45, 7) is -2.29. The first-order chi connectivity index (χ1) is 17.2. The number of carbonyl (C=O) groups excluding carboxylic acids is 4. The van der Waals surface area contributed by atoms with Crippen molar-refractivity contribution in [3.8, 4) is 0 Å². The van der Waals surface area contributed by atoms with E-state index in [-0.39, 0.29) is 38.9 Å². The molecule has 1 fully saturated rings. The molecule has 3 atom stereocenters. The smallest absolute Gasteiger partial charge is 0.346 e. The standard InChI is InChI=1S/C22H18ClF2N3O4/c23-15-4-2-14(3-5-15)22(24,25)21(32)26-10-12-1-6-16-13(9-12)11-28(20(16)31)17-7-8-18(29)27-19(17)30/h1-6,9,17H,7-8,10-11H2,(H,26,32)(H,27,29,30)/t17-/m1/s1/i8D,10D,17D/hD2/t8?,10?,17-. The molecule has 10 heteroatoms. The number of halogens is 3. The number of nitrogens with zero attached hydrogens (tertiary/aromatic N) is 1. The maximum Gasteiger partial charge on any atom is 0.349 e. The third-order valence-electron chi connectivity index (χ3n) is 4.99. The summed E-state index contributed by atoms with van der Waals surface area (Å²) >= 11 is 5.69. The van der Waals surface area contributed by atoms with E-state index in [1.54, 1.807) is 0 Å². The monoisotopic (exact) mass is 466 g/mol. The van der Waals surface area contributed by atoms with Crippen LogP contribution in [-0.2, 0) is 33.4 Å². The first kappa shape index (κ1) is 16.3. The van der Waals surface area contributed by atoms with E-state index >= 15 is 0 Å². The van der Waals surface area contributed by atoms with Crippen LogP contribution < -0.4 is 10.6 Å². The average Bonchev–Trinajstić information content (AvgIpc) is 3.21. The van der Waals surface area contributed by atoms with Crippen molar-refractivity contribution in [1.82, 2.24) is 15.5 Å². The van der Waals surface area contributed by atoms with Crippen LogP contribution in [0.15, 0.2) is 42.5 Å². The van der Waals surface area contributed by atoms with Crippen LogP contribution in [0.2, 0.25) is 7.85 Å². The van der Waals surface area contributed by atoms with Gasteiger partial charge in [0.25, 0.3) is 11.8 Å². The number of benzene rings is 2. The fourth-order valence-electron chi connectivity index (χ4n) is 3.34. The zero-order valence-corrected chi connectivity index (χ0v) is 17.0. The van der Waals surface area contributed by atoms with Crippen LogP contribution in [-0.4, -0.2) is 34.5 Å². The summed E-state index contributed by atoms with van der Waals surface area (Å²) in [5.41, 5.74) is -0.610. The molecule has 2 aromatic carbocycles. The predicted molar refractivity (Wildman–Crippen MR) is 110 cm³/mol. The van der Waals surface area contributed by atoms with Crippen molar-refractivity contribution < 1.29 is 34.9 Å². The van der Waals surface area contributed by atoms with E-state index in [0.29, 0.717) is 0 Å². The topological polar surface area (TPSA) is 95.6 Å². The molecule has 166 valence electrons. The van der Waals surface area contributed by atoms with Crippen molar-refractivity contribution in [3.05, 3.63) is 69.7 Å². The summed E-state index contributed by atoms with van der Waals surface area (Å²) in [6.07, 6.45) is -2.26. The molecule has 2 aromatic rings. The summed E-state index contributed by atoms with van der Waals surface area (Å²) in [7, 11) is 0. The van der Waals surface area contributed by atoms with Gasteiger partial charge in [0.15, 0.2) is 2.82 Å². The number of rotatable bonds is 5. The Balaban J connectivity index is 1.57. The predicted octanol–water partition coefficient (Wildman–Crippen LogP) is 2.51. The summed E-state index contributed by atoms with van der Waals surface area (Å²) in [6, 6.07) is 5.38. The Kier molecular flexibility index (Phi) is 4.24. The number of fused-ring (bicyclic) bond motifs is 1. The van der Waals surface area contributed by atoms with Crippen LogP contribution >= 0.6 is 11.6 Å². The van der Waals surface area contributed by atoms with Gasteiger partial charge in [-0.1, -0.05) is 35.9 Å². The van der Waals surface area contributed by atoms with E-state index in [9.17, 15) is 28.0 Å². The third-order valence-corrected chi connectivity index (χ3v) is 5.25. The van der Waals surface area contributed by atoms with E-state index < -0.39 is 60.5 Å². The largest absolute Gasteiger partial charge is 0.349 e. The van der Waals surface area contributed by atoms with Crippen molar-refractivity contribution in [2.24, 2.45) is 0 Å². The SMILES string of the molecule is [2H]C1C[C@@]([2H])(N2Cc3cc(C([2H])N([2H])C(=O)C(F)(F)c4ccc(Cl)cc4)ccc3C2=O)C(=O)N([2H])C1=O. The van der Waals surface area contributed by atoms with Gasteiger partial charge in [0.05, 0.1) is 2.74 Å². The van der Waals surface area contributed by atoms with Gasteiger partial charge in [-0.05, 0) is 35.7 Å². The average molecular weight is 467 g/mol. The lowest BCUT2D eigenvalue weighted by Gasteiger charge is -2.29. The molecule has 2 heterocycles. The quantitative estimate of drug-likeness (QED) is 0.662. The van der Waals surface area contributed by atoms with Crippen LogP contribution in [0.1, 0.15) is 44.0 Å². The molecule has 0 bridgehead atoms. The van der Waals surface area contributed by atoms with Crippen molar-refractivity contribution in [3.63, 3.8) is 0 Å². The number of imide groups is 1. The van der Waals surface area contributed by atoms with Gasteiger partial charge in [-0.15, -0.1) is 0 Å². The first-order valence-corrected chi connectivity index (χ1v) is 9.71. The highest BCUT2D eigenvalue weighted by Crippen LogP contribution is 2.30. The third kappa shape index (κ3) is 4.08. The second kappa shape index (κ2) is 8.31. The molecule has 0 radical (unpaired) electrons.